The van der Waals surface area contributed by atoms with E-state index in [1.807, 2.05) is 54.6 Å². The molecule has 268 valence electrons. The number of ether oxygens (including phenoxy) is 2. The predicted octanol–water partition coefficient (Wildman–Crippen LogP) is 4.17. The van der Waals surface area contributed by atoms with Gasteiger partial charge in [0.15, 0.2) is 0 Å². The number of aliphatic hydroxyl groups excluding tert-OH is 1. The lowest BCUT2D eigenvalue weighted by Crippen LogP contribution is -2.58. The maximum atomic E-state index is 14.8. The minimum Gasteiger partial charge on any atom is -0.455 e. The standard InChI is InChI=1S/C39H50N4O7/c1-6-10-16-32(45)40-24-31(27-14-12-11-13-15-27)49-38(48)33-30-21-22-39(50-30)34(33)36(46)43(26(5)25-44)35(39)37(47)42(23-7-2)29-19-17-28(18-20-29)41(8-3)9-4/h6-7,11-15,17-20,26,30-31,33-35,44H,1-2,8-10,16,21-25H2,3-5H3,(H,40,45)/t26-,30-,31+,33+,34+,35-,39+/m1/s1. The Morgan fingerprint density at radius 1 is 1.08 bits per heavy atom. The normalized spacial score (nSPS) is 24.6. The van der Waals surface area contributed by atoms with Crippen molar-refractivity contribution in [2.24, 2.45) is 11.8 Å². The fourth-order valence-corrected chi connectivity index (χ4v) is 7.87. The van der Waals surface area contributed by atoms with Crippen molar-refractivity contribution in [1.82, 2.24) is 10.2 Å². The highest BCUT2D eigenvalue weighted by atomic mass is 16.6. The van der Waals surface area contributed by atoms with Gasteiger partial charge in [-0.2, -0.15) is 0 Å². The Hall–Kier alpha value is -4.48. The van der Waals surface area contributed by atoms with Crippen LogP contribution in [0.4, 0.5) is 11.4 Å². The molecule has 3 fully saturated rings. The molecule has 2 aromatic carbocycles. The molecule has 11 nitrogen and oxygen atoms in total. The van der Waals surface area contributed by atoms with Crippen molar-refractivity contribution in [1.29, 1.82) is 0 Å². The second-order valence-corrected chi connectivity index (χ2v) is 13.2. The Balaban J connectivity index is 1.45. The van der Waals surface area contributed by atoms with E-state index in [1.165, 1.54) is 4.90 Å². The summed E-state index contributed by atoms with van der Waals surface area (Å²) in [5, 5.41) is 13.1. The lowest BCUT2D eigenvalue weighted by Gasteiger charge is -2.38. The Morgan fingerprint density at radius 3 is 2.38 bits per heavy atom. The number of benzene rings is 2. The van der Waals surface area contributed by atoms with Gasteiger partial charge < -0.3 is 34.6 Å². The van der Waals surface area contributed by atoms with Crippen molar-refractivity contribution in [2.45, 2.75) is 76.3 Å². The molecule has 0 radical (unpaired) electrons. The molecule has 2 aromatic rings. The summed E-state index contributed by atoms with van der Waals surface area (Å²) in [5.41, 5.74) is 1.07. The third kappa shape index (κ3) is 6.93. The quantitative estimate of drug-likeness (QED) is 0.188. The zero-order chi connectivity index (χ0) is 36.0. The lowest BCUT2D eigenvalue weighted by atomic mass is 9.70. The summed E-state index contributed by atoms with van der Waals surface area (Å²) in [7, 11) is 0. The van der Waals surface area contributed by atoms with Gasteiger partial charge in [-0.05, 0) is 69.9 Å². The fourth-order valence-electron chi connectivity index (χ4n) is 7.87. The van der Waals surface area contributed by atoms with Gasteiger partial charge in [0.05, 0.1) is 37.1 Å². The summed E-state index contributed by atoms with van der Waals surface area (Å²) in [6.45, 7) is 14.9. The highest BCUT2D eigenvalue weighted by molar-refractivity contribution is 6.05. The number of carbonyl (C=O) groups excluding carboxylic acids is 4. The molecule has 0 saturated carbocycles. The van der Waals surface area contributed by atoms with Crippen LogP contribution in [-0.4, -0.2) is 90.3 Å². The van der Waals surface area contributed by atoms with Gasteiger partial charge in [-0.25, -0.2) is 0 Å². The minimum absolute atomic E-state index is 0.0477. The molecule has 5 rings (SSSR count). The first kappa shape index (κ1) is 36.8. The van der Waals surface area contributed by atoms with E-state index in [0.29, 0.717) is 30.5 Å². The molecule has 3 aliphatic heterocycles. The van der Waals surface area contributed by atoms with E-state index in [9.17, 15) is 24.3 Å². The first-order chi connectivity index (χ1) is 24.1. The Morgan fingerprint density at radius 2 is 1.76 bits per heavy atom. The third-order valence-corrected chi connectivity index (χ3v) is 10.3. The van der Waals surface area contributed by atoms with Crippen LogP contribution < -0.4 is 15.1 Å². The number of anilines is 2. The van der Waals surface area contributed by atoms with Gasteiger partial charge >= 0.3 is 5.97 Å². The molecule has 1 spiro atoms. The first-order valence-electron chi connectivity index (χ1n) is 17.7. The minimum atomic E-state index is -1.28. The monoisotopic (exact) mass is 686 g/mol. The summed E-state index contributed by atoms with van der Waals surface area (Å²) in [5.74, 6) is -3.55. The number of carbonyl (C=O) groups is 4. The van der Waals surface area contributed by atoms with Gasteiger partial charge in [0, 0.05) is 37.4 Å². The van der Waals surface area contributed by atoms with Crippen molar-refractivity contribution in [2.75, 3.05) is 42.6 Å². The molecule has 3 heterocycles. The second kappa shape index (κ2) is 16.0. The van der Waals surface area contributed by atoms with Crippen LogP contribution in [0.2, 0.25) is 0 Å². The summed E-state index contributed by atoms with van der Waals surface area (Å²) in [6, 6.07) is 15.0. The number of amides is 3. The van der Waals surface area contributed by atoms with Crippen molar-refractivity contribution in [3.8, 4) is 0 Å². The summed E-state index contributed by atoms with van der Waals surface area (Å²) in [6.07, 6.45) is 3.49. The molecule has 0 unspecified atom stereocenters. The van der Waals surface area contributed by atoms with Crippen LogP contribution in [0.1, 0.15) is 58.1 Å². The molecule has 0 aliphatic carbocycles. The zero-order valence-electron chi connectivity index (χ0n) is 29.3. The zero-order valence-corrected chi connectivity index (χ0v) is 29.3. The van der Waals surface area contributed by atoms with Crippen LogP contribution in [0.5, 0.6) is 0 Å². The summed E-state index contributed by atoms with van der Waals surface area (Å²) in [4.78, 5) is 61.1. The van der Waals surface area contributed by atoms with Gasteiger partial charge in [0.2, 0.25) is 11.8 Å². The third-order valence-electron chi connectivity index (χ3n) is 10.3. The Kier molecular flexibility index (Phi) is 11.8. The number of esters is 1. The Bertz CT molecular complexity index is 1550. The molecule has 3 aliphatic rings. The number of aliphatic hydroxyl groups is 1. The van der Waals surface area contributed by atoms with Crippen LogP contribution in [0, 0.1) is 11.8 Å². The van der Waals surface area contributed by atoms with Crippen molar-refractivity contribution < 1.29 is 33.8 Å². The number of allylic oxidation sites excluding steroid dienone is 1. The average Bonchev–Trinajstić information content (AvgIpc) is 3.79. The van der Waals surface area contributed by atoms with E-state index in [2.05, 4.69) is 37.2 Å². The highest BCUT2D eigenvalue weighted by Gasteiger charge is 2.75. The Labute approximate surface area is 294 Å². The average molecular weight is 687 g/mol. The largest absolute Gasteiger partial charge is 0.455 e. The van der Waals surface area contributed by atoms with Gasteiger partial charge in [-0.15, -0.1) is 13.2 Å². The SMILES string of the molecule is C=CCCC(=O)NC[C@H](OC(=O)[C@@H]1[C@H]2C(=O)N([C@H](C)CO)[C@H](C(=O)N(CC=C)c3ccc(N(CC)CC)cc3)[C@]23CC[C@H]1O3)c1ccccc1. The lowest BCUT2D eigenvalue weighted by molar-refractivity contribution is -0.161. The van der Waals surface area contributed by atoms with Crippen LogP contribution in [0.25, 0.3) is 0 Å². The van der Waals surface area contributed by atoms with Crippen LogP contribution in [0.3, 0.4) is 0 Å². The molecule has 2 bridgehead atoms. The maximum Gasteiger partial charge on any atom is 0.313 e. The molecular weight excluding hydrogens is 636 g/mol. The highest BCUT2D eigenvalue weighted by Crippen LogP contribution is 2.59. The van der Waals surface area contributed by atoms with Gasteiger partial charge in [0.25, 0.3) is 5.91 Å². The molecule has 50 heavy (non-hydrogen) atoms. The van der Waals surface area contributed by atoms with Gasteiger partial charge in [-0.3, -0.25) is 19.2 Å². The molecule has 2 N–H and O–H groups in total. The predicted molar refractivity (Wildman–Crippen MR) is 191 cm³/mol. The van der Waals surface area contributed by atoms with E-state index in [1.54, 1.807) is 24.0 Å². The van der Waals surface area contributed by atoms with E-state index in [-0.39, 0.29) is 37.9 Å². The van der Waals surface area contributed by atoms with Crippen molar-refractivity contribution in [3.05, 3.63) is 85.5 Å². The maximum absolute atomic E-state index is 14.8. The number of fused-ring (bicyclic) bond motifs is 1. The van der Waals surface area contributed by atoms with Crippen molar-refractivity contribution in [3.63, 3.8) is 0 Å². The fraction of sp³-hybridized carbons (Fsp3) is 0.487. The van der Waals surface area contributed by atoms with E-state index < -0.39 is 53.6 Å². The molecule has 7 atom stereocenters. The van der Waals surface area contributed by atoms with E-state index in [0.717, 1.165) is 18.8 Å². The number of hydrogen-bond donors (Lipinski definition) is 2. The number of nitrogens with zero attached hydrogens (tertiary/aromatic N) is 3. The summed E-state index contributed by atoms with van der Waals surface area (Å²) < 4.78 is 12.7. The number of likely N-dealkylation sites (tertiary alicyclic amines) is 1. The van der Waals surface area contributed by atoms with E-state index in [4.69, 9.17) is 9.47 Å². The van der Waals surface area contributed by atoms with E-state index >= 15 is 0 Å². The van der Waals surface area contributed by atoms with Gasteiger partial charge in [-0.1, -0.05) is 42.5 Å². The molecule has 11 heteroatoms. The van der Waals surface area contributed by atoms with Crippen LogP contribution in [0.15, 0.2) is 79.9 Å². The molecule has 3 amide bonds. The summed E-state index contributed by atoms with van der Waals surface area (Å²) >= 11 is 0. The first-order valence-corrected chi connectivity index (χ1v) is 17.7. The van der Waals surface area contributed by atoms with Gasteiger partial charge in [0.1, 0.15) is 17.7 Å². The second-order valence-electron chi connectivity index (χ2n) is 13.2. The van der Waals surface area contributed by atoms with Crippen molar-refractivity contribution >= 4 is 35.1 Å². The smallest absolute Gasteiger partial charge is 0.313 e. The molecular formula is C39H50N4O7. The number of hydrogen-bond acceptors (Lipinski definition) is 8. The van der Waals surface area contributed by atoms with Crippen LogP contribution >= 0.6 is 0 Å². The molecule has 0 aromatic heterocycles. The molecule has 3 saturated heterocycles. The topological polar surface area (TPSA) is 129 Å². The number of nitrogens with one attached hydrogen (secondary N) is 1. The number of rotatable bonds is 17. The van der Waals surface area contributed by atoms with Crippen LogP contribution in [-0.2, 0) is 28.7 Å².